The molecule has 114 valence electrons. The van der Waals surface area contributed by atoms with Crippen LogP contribution in [0.25, 0.3) is 0 Å². The molecule has 0 heterocycles. The van der Waals surface area contributed by atoms with Gasteiger partial charge in [-0.2, -0.15) is 0 Å². The molecule has 0 aliphatic rings. The van der Waals surface area contributed by atoms with Gasteiger partial charge < -0.3 is 4.74 Å². The highest BCUT2D eigenvalue weighted by atomic mass is 35.5. The number of alkyl halides is 3. The Morgan fingerprint density at radius 2 is 1.80 bits per heavy atom. The van der Waals surface area contributed by atoms with Crippen LogP contribution in [0, 0.1) is 0 Å². The smallest absolute Gasteiger partial charge is 0.406 e. The summed E-state index contributed by atoms with van der Waals surface area (Å²) in [5.74, 6) is -0.311. The zero-order valence-electron chi connectivity index (χ0n) is 11.6. The molecule has 0 aliphatic carbocycles. The van der Waals surface area contributed by atoms with Crippen molar-refractivity contribution >= 4 is 23.5 Å². The van der Waals surface area contributed by atoms with Gasteiger partial charge in [0, 0.05) is 15.8 Å². The van der Waals surface area contributed by atoms with E-state index >= 15 is 0 Å². The van der Waals surface area contributed by atoms with Crippen LogP contribution in [0.5, 0.6) is 5.75 Å². The molecule has 0 amide bonds. The van der Waals surface area contributed by atoms with Crippen LogP contribution in [-0.4, -0.2) is 11.1 Å². The average molecular weight is 328 g/mol. The van der Waals surface area contributed by atoms with E-state index in [4.69, 9.17) is 11.6 Å². The molecule has 0 saturated carbocycles. The second-order valence-electron chi connectivity index (χ2n) is 5.32. The van der Waals surface area contributed by atoms with Crippen LogP contribution >= 0.6 is 23.5 Å². The molecular formula is C13H17ClF3NOS. The van der Waals surface area contributed by atoms with Crippen LogP contribution in [0.1, 0.15) is 39.3 Å². The van der Waals surface area contributed by atoms with Gasteiger partial charge in [0.15, 0.2) is 0 Å². The minimum atomic E-state index is -4.72. The Kier molecular flexibility index (Phi) is 5.63. The molecule has 0 fully saturated rings. The van der Waals surface area contributed by atoms with Crippen LogP contribution in [0.15, 0.2) is 18.2 Å². The van der Waals surface area contributed by atoms with E-state index in [9.17, 15) is 13.2 Å². The number of halogens is 4. The van der Waals surface area contributed by atoms with E-state index < -0.39 is 6.36 Å². The first kappa shape index (κ1) is 17.5. The molecule has 0 saturated heterocycles. The van der Waals surface area contributed by atoms with Gasteiger partial charge in [-0.25, -0.2) is 0 Å². The zero-order valence-corrected chi connectivity index (χ0v) is 13.2. The van der Waals surface area contributed by atoms with Crippen molar-refractivity contribution in [2.45, 2.75) is 44.8 Å². The largest absolute Gasteiger partial charge is 0.573 e. The molecule has 0 radical (unpaired) electrons. The zero-order chi connectivity index (χ0) is 15.6. The molecule has 20 heavy (non-hydrogen) atoms. The molecular weight excluding hydrogens is 311 g/mol. The number of hydrogen-bond donors (Lipinski definition) is 1. The second kappa shape index (κ2) is 6.45. The van der Waals surface area contributed by atoms with E-state index in [2.05, 4.69) is 9.46 Å². The fraction of sp³-hybridized carbons (Fsp3) is 0.538. The van der Waals surface area contributed by atoms with Crippen molar-refractivity contribution in [3.05, 3.63) is 28.8 Å². The normalized spacial score (nSPS) is 14.2. The predicted molar refractivity (Wildman–Crippen MR) is 77.0 cm³/mol. The van der Waals surface area contributed by atoms with E-state index in [1.807, 2.05) is 27.7 Å². The standard InChI is InChI=1S/C13H17ClF3NOS/c1-8(18-20-12(2,3)4)9-5-10(14)7-11(6-9)19-13(15,16)17/h5-8,18H,1-4H3. The van der Waals surface area contributed by atoms with Crippen molar-refractivity contribution < 1.29 is 17.9 Å². The van der Waals surface area contributed by atoms with Gasteiger partial charge in [-0.15, -0.1) is 13.2 Å². The highest BCUT2D eigenvalue weighted by Gasteiger charge is 2.31. The third-order valence-electron chi connectivity index (χ3n) is 2.17. The fourth-order valence-corrected chi connectivity index (χ4v) is 2.26. The molecule has 0 aliphatic heterocycles. The lowest BCUT2D eigenvalue weighted by molar-refractivity contribution is -0.274. The highest BCUT2D eigenvalue weighted by Crippen LogP contribution is 2.31. The van der Waals surface area contributed by atoms with E-state index in [1.54, 1.807) is 6.07 Å². The third-order valence-corrected chi connectivity index (χ3v) is 3.47. The Morgan fingerprint density at radius 1 is 1.20 bits per heavy atom. The van der Waals surface area contributed by atoms with Gasteiger partial charge in [0.05, 0.1) is 0 Å². The van der Waals surface area contributed by atoms with Crippen molar-refractivity contribution in [3.8, 4) is 5.75 Å². The first-order valence-corrected chi connectivity index (χ1v) is 7.15. The summed E-state index contributed by atoms with van der Waals surface area (Å²) in [6, 6.07) is 3.93. The van der Waals surface area contributed by atoms with Crippen LogP contribution in [0.3, 0.4) is 0 Å². The number of hydrogen-bond acceptors (Lipinski definition) is 3. The van der Waals surface area contributed by atoms with Crippen molar-refractivity contribution in [1.82, 2.24) is 4.72 Å². The summed E-state index contributed by atoms with van der Waals surface area (Å²) in [4.78, 5) is 0. The minimum absolute atomic E-state index is 0.00185. The Labute approximate surface area is 126 Å². The molecule has 0 spiro atoms. The maximum absolute atomic E-state index is 12.2. The lowest BCUT2D eigenvalue weighted by Gasteiger charge is -2.22. The number of benzene rings is 1. The van der Waals surface area contributed by atoms with E-state index in [1.165, 1.54) is 18.0 Å². The number of ether oxygens (including phenoxy) is 1. The Balaban J connectivity index is 2.84. The fourth-order valence-electron chi connectivity index (χ4n) is 1.36. The van der Waals surface area contributed by atoms with Crippen molar-refractivity contribution in [1.29, 1.82) is 0 Å². The van der Waals surface area contributed by atoms with E-state index in [0.29, 0.717) is 5.56 Å². The number of nitrogens with one attached hydrogen (secondary N) is 1. The molecule has 1 rings (SSSR count). The first-order valence-electron chi connectivity index (χ1n) is 5.96. The summed E-state index contributed by atoms with van der Waals surface area (Å²) in [5, 5.41) is 0.205. The van der Waals surface area contributed by atoms with Gasteiger partial charge in [0.25, 0.3) is 0 Å². The van der Waals surface area contributed by atoms with Crippen molar-refractivity contribution in [2.75, 3.05) is 0 Å². The SMILES string of the molecule is CC(NSC(C)(C)C)c1cc(Cl)cc(OC(F)(F)F)c1. The van der Waals surface area contributed by atoms with Gasteiger partial charge in [0.1, 0.15) is 5.75 Å². The second-order valence-corrected chi connectivity index (χ2v) is 7.42. The Bertz CT molecular complexity index is 460. The molecule has 0 aromatic heterocycles. The minimum Gasteiger partial charge on any atom is -0.406 e. The van der Waals surface area contributed by atoms with Crippen molar-refractivity contribution in [3.63, 3.8) is 0 Å². The van der Waals surface area contributed by atoms with Gasteiger partial charge >= 0.3 is 6.36 Å². The molecule has 1 aromatic rings. The topological polar surface area (TPSA) is 21.3 Å². The predicted octanol–water partition coefficient (Wildman–Crippen LogP) is 5.34. The van der Waals surface area contributed by atoms with Crippen LogP contribution < -0.4 is 9.46 Å². The van der Waals surface area contributed by atoms with E-state index in [0.717, 1.165) is 6.07 Å². The molecule has 1 N–H and O–H groups in total. The maximum Gasteiger partial charge on any atom is 0.573 e. The van der Waals surface area contributed by atoms with E-state index in [-0.39, 0.29) is 21.6 Å². The number of rotatable bonds is 4. The molecule has 1 unspecified atom stereocenters. The summed E-state index contributed by atoms with van der Waals surface area (Å²) < 4.78 is 43.8. The van der Waals surface area contributed by atoms with Crippen molar-refractivity contribution in [2.24, 2.45) is 0 Å². The lowest BCUT2D eigenvalue weighted by atomic mass is 10.1. The molecule has 2 nitrogen and oxygen atoms in total. The van der Waals surface area contributed by atoms with Gasteiger partial charge in [-0.1, -0.05) is 23.5 Å². The van der Waals surface area contributed by atoms with Gasteiger partial charge in [-0.05, 0) is 51.5 Å². The molecule has 0 bridgehead atoms. The Hall–Kier alpha value is -0.590. The first-order chi connectivity index (χ1) is 8.96. The average Bonchev–Trinajstić information content (AvgIpc) is 2.21. The third kappa shape index (κ3) is 6.72. The van der Waals surface area contributed by atoms with Crippen LogP contribution in [0.4, 0.5) is 13.2 Å². The van der Waals surface area contributed by atoms with Gasteiger partial charge in [0.2, 0.25) is 0 Å². The monoisotopic (exact) mass is 327 g/mol. The summed E-state index contributed by atoms with van der Waals surface area (Å²) in [6.45, 7) is 7.95. The van der Waals surface area contributed by atoms with Gasteiger partial charge in [-0.3, -0.25) is 4.72 Å². The molecule has 1 atom stereocenters. The Morgan fingerprint density at radius 3 is 2.30 bits per heavy atom. The summed E-state index contributed by atoms with van der Waals surface area (Å²) in [7, 11) is 0. The quantitative estimate of drug-likeness (QED) is 0.755. The molecule has 7 heteroatoms. The maximum atomic E-state index is 12.2. The molecule has 1 aromatic carbocycles. The highest BCUT2D eigenvalue weighted by molar-refractivity contribution is 7.98. The summed E-state index contributed by atoms with van der Waals surface area (Å²) in [5.41, 5.74) is 0.633. The van der Waals surface area contributed by atoms with Crippen LogP contribution in [-0.2, 0) is 0 Å². The van der Waals surface area contributed by atoms with Crippen LogP contribution in [0.2, 0.25) is 5.02 Å². The lowest BCUT2D eigenvalue weighted by Crippen LogP contribution is -2.20. The summed E-state index contributed by atoms with van der Waals surface area (Å²) >= 11 is 7.34. The summed E-state index contributed by atoms with van der Waals surface area (Å²) in [6.07, 6.45) is -4.72.